The number of nitrogens with zero attached hydrogens (tertiary/aromatic N) is 2. The number of rotatable bonds is 1. The van der Waals surface area contributed by atoms with Crippen LogP contribution >= 0.6 is 11.6 Å². The largest absolute Gasteiger partial charge is 0.339 e. The minimum Gasteiger partial charge on any atom is -0.339 e. The zero-order valence-electron chi connectivity index (χ0n) is 9.61. The molecule has 0 unspecified atom stereocenters. The van der Waals surface area contributed by atoms with Crippen LogP contribution in [0.2, 0.25) is 5.02 Å². The molecule has 5 heteroatoms. The maximum absolute atomic E-state index is 12.9. The van der Waals surface area contributed by atoms with Crippen LogP contribution in [0.25, 0.3) is 22.3 Å². The quantitative estimate of drug-likeness (QED) is 0.730. The van der Waals surface area contributed by atoms with E-state index < -0.39 is 0 Å². The second-order valence-corrected chi connectivity index (χ2v) is 4.43. The Morgan fingerprint density at radius 1 is 1.26 bits per heavy atom. The van der Waals surface area contributed by atoms with Gasteiger partial charge < -0.3 is 4.98 Å². The molecule has 0 radical (unpaired) electrons. The summed E-state index contributed by atoms with van der Waals surface area (Å²) in [5, 5.41) is 9.96. The third-order valence-corrected chi connectivity index (χ3v) is 3.28. The summed E-state index contributed by atoms with van der Waals surface area (Å²) in [6, 6.07) is 9.89. The Hall–Kier alpha value is -2.38. The Balaban J connectivity index is 2.20. The number of H-pyrrole nitrogens is 1. The summed E-state index contributed by atoms with van der Waals surface area (Å²) >= 11 is 6.13. The second-order valence-electron chi connectivity index (χ2n) is 4.05. The fourth-order valence-corrected chi connectivity index (χ4v) is 2.14. The molecule has 0 saturated heterocycles. The molecule has 0 amide bonds. The van der Waals surface area contributed by atoms with Gasteiger partial charge in [0.15, 0.2) is 0 Å². The van der Waals surface area contributed by atoms with E-state index in [1.807, 2.05) is 6.07 Å². The van der Waals surface area contributed by atoms with Gasteiger partial charge in [0.25, 0.3) is 0 Å². The molecule has 1 aromatic carbocycles. The van der Waals surface area contributed by atoms with Crippen molar-refractivity contribution in [3.05, 3.63) is 52.9 Å². The molecule has 3 rings (SSSR count). The summed E-state index contributed by atoms with van der Waals surface area (Å²) < 4.78 is 12.9. The lowest BCUT2D eigenvalue weighted by Gasteiger charge is -1.96. The van der Waals surface area contributed by atoms with E-state index in [0.717, 1.165) is 11.3 Å². The predicted octanol–water partition coefficient (Wildman–Crippen LogP) is 3.89. The van der Waals surface area contributed by atoms with Gasteiger partial charge in [0.05, 0.1) is 10.6 Å². The standard InChI is InChI=1S/C14H7ClFN3/c15-13-9(6-17)7-18-14-11(13)5-12(19-14)8-1-3-10(16)4-2-8/h1-5,7H,(H,18,19). The van der Waals surface area contributed by atoms with Gasteiger partial charge in [-0.1, -0.05) is 11.6 Å². The number of nitriles is 1. The van der Waals surface area contributed by atoms with Crippen LogP contribution in [0.3, 0.4) is 0 Å². The number of aromatic nitrogens is 2. The van der Waals surface area contributed by atoms with Crippen molar-refractivity contribution in [1.82, 2.24) is 9.97 Å². The lowest BCUT2D eigenvalue weighted by Crippen LogP contribution is -1.82. The number of halogens is 2. The highest BCUT2D eigenvalue weighted by atomic mass is 35.5. The van der Waals surface area contributed by atoms with Gasteiger partial charge in [-0.15, -0.1) is 0 Å². The number of nitrogens with one attached hydrogen (secondary N) is 1. The highest BCUT2D eigenvalue weighted by Gasteiger charge is 2.10. The smallest absolute Gasteiger partial charge is 0.139 e. The number of benzene rings is 1. The molecular weight excluding hydrogens is 265 g/mol. The van der Waals surface area contributed by atoms with Crippen LogP contribution in [0.5, 0.6) is 0 Å². The third-order valence-electron chi connectivity index (χ3n) is 2.87. The van der Waals surface area contributed by atoms with E-state index in [1.165, 1.54) is 18.3 Å². The Labute approximate surface area is 113 Å². The van der Waals surface area contributed by atoms with Crippen molar-refractivity contribution >= 4 is 22.6 Å². The van der Waals surface area contributed by atoms with Crippen LogP contribution in [0.15, 0.2) is 36.5 Å². The molecule has 92 valence electrons. The zero-order chi connectivity index (χ0) is 13.4. The number of hydrogen-bond donors (Lipinski definition) is 1. The van der Waals surface area contributed by atoms with E-state index >= 15 is 0 Å². The number of aromatic amines is 1. The third kappa shape index (κ3) is 1.94. The Morgan fingerprint density at radius 2 is 2.00 bits per heavy atom. The van der Waals surface area contributed by atoms with Crippen molar-refractivity contribution in [3.63, 3.8) is 0 Å². The molecule has 0 saturated carbocycles. The maximum atomic E-state index is 12.9. The van der Waals surface area contributed by atoms with Gasteiger partial charge >= 0.3 is 0 Å². The van der Waals surface area contributed by atoms with E-state index in [-0.39, 0.29) is 5.82 Å². The number of pyridine rings is 1. The van der Waals surface area contributed by atoms with E-state index in [0.29, 0.717) is 21.6 Å². The first kappa shape index (κ1) is 11.7. The van der Waals surface area contributed by atoms with E-state index in [2.05, 4.69) is 9.97 Å². The molecule has 2 heterocycles. The molecule has 0 spiro atoms. The molecule has 3 aromatic rings. The summed E-state index contributed by atoms with van der Waals surface area (Å²) in [7, 11) is 0. The highest BCUT2D eigenvalue weighted by Crippen LogP contribution is 2.29. The lowest BCUT2D eigenvalue weighted by atomic mass is 10.1. The first-order chi connectivity index (χ1) is 9.19. The first-order valence-electron chi connectivity index (χ1n) is 5.52. The molecule has 3 nitrogen and oxygen atoms in total. The van der Waals surface area contributed by atoms with Crippen molar-refractivity contribution in [2.75, 3.05) is 0 Å². The van der Waals surface area contributed by atoms with Crippen molar-refractivity contribution in [1.29, 1.82) is 5.26 Å². The van der Waals surface area contributed by atoms with Crippen LogP contribution < -0.4 is 0 Å². The average molecular weight is 272 g/mol. The van der Waals surface area contributed by atoms with Gasteiger partial charge in [-0.05, 0) is 35.9 Å². The maximum Gasteiger partial charge on any atom is 0.139 e. The molecule has 2 aromatic heterocycles. The molecule has 0 aliphatic heterocycles. The van der Waals surface area contributed by atoms with Crippen LogP contribution in [0, 0.1) is 17.1 Å². The van der Waals surface area contributed by atoms with Gasteiger partial charge in [-0.2, -0.15) is 5.26 Å². The van der Waals surface area contributed by atoms with E-state index in [4.69, 9.17) is 16.9 Å². The molecule has 1 N–H and O–H groups in total. The summed E-state index contributed by atoms with van der Waals surface area (Å²) in [5.41, 5.74) is 2.54. The van der Waals surface area contributed by atoms with Crippen molar-refractivity contribution in [2.24, 2.45) is 0 Å². The van der Waals surface area contributed by atoms with E-state index in [9.17, 15) is 4.39 Å². The normalized spacial score (nSPS) is 10.6. The van der Waals surface area contributed by atoms with Crippen LogP contribution in [-0.2, 0) is 0 Å². The Bertz CT molecular complexity index is 800. The summed E-state index contributed by atoms with van der Waals surface area (Å²) in [5.74, 6) is -0.289. The van der Waals surface area contributed by atoms with Crippen molar-refractivity contribution < 1.29 is 4.39 Å². The number of fused-ring (bicyclic) bond motifs is 1. The second kappa shape index (κ2) is 4.38. The number of hydrogen-bond acceptors (Lipinski definition) is 2. The average Bonchev–Trinajstić information content (AvgIpc) is 2.85. The monoisotopic (exact) mass is 271 g/mol. The Kier molecular flexibility index (Phi) is 2.69. The predicted molar refractivity (Wildman–Crippen MR) is 71.2 cm³/mol. The van der Waals surface area contributed by atoms with Crippen molar-refractivity contribution in [3.8, 4) is 17.3 Å². The Morgan fingerprint density at radius 3 is 2.68 bits per heavy atom. The van der Waals surface area contributed by atoms with Gasteiger partial charge in [0.2, 0.25) is 0 Å². The van der Waals surface area contributed by atoms with Gasteiger partial charge in [-0.25, -0.2) is 9.37 Å². The molecule has 0 bridgehead atoms. The molecule has 0 aliphatic rings. The lowest BCUT2D eigenvalue weighted by molar-refractivity contribution is 0.628. The molecule has 0 aliphatic carbocycles. The van der Waals surface area contributed by atoms with Gasteiger partial charge in [-0.3, -0.25) is 0 Å². The first-order valence-corrected chi connectivity index (χ1v) is 5.90. The summed E-state index contributed by atoms with van der Waals surface area (Å²) in [4.78, 5) is 7.24. The highest BCUT2D eigenvalue weighted by molar-refractivity contribution is 6.36. The summed E-state index contributed by atoms with van der Waals surface area (Å²) in [6.07, 6.45) is 1.43. The van der Waals surface area contributed by atoms with Gasteiger partial charge in [0, 0.05) is 17.3 Å². The fourth-order valence-electron chi connectivity index (χ4n) is 1.91. The minimum atomic E-state index is -0.289. The molecular formula is C14H7ClFN3. The van der Waals surface area contributed by atoms with Crippen LogP contribution in [-0.4, -0.2) is 9.97 Å². The SMILES string of the molecule is N#Cc1cnc2[nH]c(-c3ccc(F)cc3)cc2c1Cl. The molecule has 19 heavy (non-hydrogen) atoms. The topological polar surface area (TPSA) is 52.5 Å². The van der Waals surface area contributed by atoms with E-state index in [1.54, 1.807) is 18.2 Å². The van der Waals surface area contributed by atoms with Crippen LogP contribution in [0.4, 0.5) is 4.39 Å². The molecule has 0 fully saturated rings. The fraction of sp³-hybridized carbons (Fsp3) is 0. The zero-order valence-corrected chi connectivity index (χ0v) is 10.4. The minimum absolute atomic E-state index is 0.289. The van der Waals surface area contributed by atoms with Gasteiger partial charge in [0.1, 0.15) is 17.5 Å². The molecule has 0 atom stereocenters. The van der Waals surface area contributed by atoms with Crippen LogP contribution in [0.1, 0.15) is 5.56 Å². The summed E-state index contributed by atoms with van der Waals surface area (Å²) in [6.45, 7) is 0. The van der Waals surface area contributed by atoms with Crippen molar-refractivity contribution in [2.45, 2.75) is 0 Å².